The van der Waals surface area contributed by atoms with Gasteiger partial charge in [0.15, 0.2) is 0 Å². The third-order valence-corrected chi connectivity index (χ3v) is 5.15. The molecule has 0 aromatic heterocycles. The first-order valence-corrected chi connectivity index (χ1v) is 10.1. The van der Waals surface area contributed by atoms with Gasteiger partial charge in [0.05, 0.1) is 6.10 Å². The quantitative estimate of drug-likeness (QED) is 0.551. The lowest BCUT2D eigenvalue weighted by Gasteiger charge is -2.35. The van der Waals surface area contributed by atoms with Crippen molar-refractivity contribution < 1.29 is 9.90 Å². The van der Waals surface area contributed by atoms with Crippen LogP contribution in [0.2, 0.25) is 0 Å². The van der Waals surface area contributed by atoms with Gasteiger partial charge < -0.3 is 5.11 Å². The predicted molar refractivity (Wildman–Crippen MR) is 117 cm³/mol. The van der Waals surface area contributed by atoms with E-state index in [1.54, 1.807) is 6.92 Å². The van der Waals surface area contributed by atoms with Crippen molar-refractivity contribution in [3.63, 3.8) is 0 Å². The van der Waals surface area contributed by atoms with Crippen molar-refractivity contribution >= 4 is 5.78 Å². The highest BCUT2D eigenvalue weighted by atomic mass is 16.3. The fourth-order valence-corrected chi connectivity index (χ4v) is 3.72. The van der Waals surface area contributed by atoms with Crippen molar-refractivity contribution in [2.75, 3.05) is 0 Å². The minimum absolute atomic E-state index is 0.00920. The normalized spacial score (nSPS) is 13.2. The summed E-state index contributed by atoms with van der Waals surface area (Å²) in [6.07, 6.45) is 0.132. The van der Waals surface area contributed by atoms with E-state index in [0.29, 0.717) is 19.5 Å². The van der Waals surface area contributed by atoms with Crippen LogP contribution >= 0.6 is 0 Å². The minimum Gasteiger partial charge on any atom is -0.391 e. The van der Waals surface area contributed by atoms with Gasteiger partial charge in [-0.3, -0.25) is 9.69 Å². The van der Waals surface area contributed by atoms with E-state index < -0.39 is 6.10 Å². The second-order valence-electron chi connectivity index (χ2n) is 7.61. The molecule has 3 aromatic rings. The maximum absolute atomic E-state index is 11.8. The third kappa shape index (κ3) is 6.67. The molecule has 0 saturated carbocycles. The van der Waals surface area contributed by atoms with Gasteiger partial charge in [0.2, 0.25) is 0 Å². The molecule has 0 bridgehead atoms. The van der Waals surface area contributed by atoms with E-state index in [4.69, 9.17) is 0 Å². The van der Waals surface area contributed by atoms with E-state index in [9.17, 15) is 9.90 Å². The van der Waals surface area contributed by atoms with E-state index in [1.807, 2.05) is 54.6 Å². The van der Waals surface area contributed by atoms with E-state index >= 15 is 0 Å². The van der Waals surface area contributed by atoms with Crippen molar-refractivity contribution in [1.82, 2.24) is 4.90 Å². The lowest BCUT2D eigenvalue weighted by molar-refractivity contribution is -0.120. The van der Waals surface area contributed by atoms with Crippen LogP contribution in [-0.2, 0) is 24.3 Å². The van der Waals surface area contributed by atoms with Crippen LogP contribution in [0.15, 0.2) is 91.0 Å². The Bertz CT molecular complexity index is 823. The van der Waals surface area contributed by atoms with Gasteiger partial charge in [-0.1, -0.05) is 91.0 Å². The summed E-state index contributed by atoms with van der Waals surface area (Å²) < 4.78 is 0. The SMILES string of the molecule is CC(=O)C[C@@H](O)[C@H](Cc1ccccc1)N(Cc1ccccc1)Cc1ccccc1. The first kappa shape index (κ1) is 21.0. The van der Waals surface area contributed by atoms with Gasteiger partial charge in [-0.05, 0) is 30.0 Å². The van der Waals surface area contributed by atoms with Crippen molar-refractivity contribution in [2.24, 2.45) is 0 Å². The number of aliphatic hydroxyl groups is 1. The van der Waals surface area contributed by atoms with Gasteiger partial charge in [0, 0.05) is 25.6 Å². The van der Waals surface area contributed by atoms with Crippen LogP contribution in [0.3, 0.4) is 0 Å². The highest BCUT2D eigenvalue weighted by molar-refractivity contribution is 5.76. The molecule has 0 spiro atoms. The largest absolute Gasteiger partial charge is 0.391 e. The molecule has 1 N–H and O–H groups in total. The van der Waals surface area contributed by atoms with E-state index in [-0.39, 0.29) is 18.2 Å². The molecule has 3 nitrogen and oxygen atoms in total. The molecule has 29 heavy (non-hydrogen) atoms. The molecule has 3 aromatic carbocycles. The average Bonchev–Trinajstić information content (AvgIpc) is 2.73. The predicted octanol–water partition coefficient (Wildman–Crippen LogP) is 4.64. The summed E-state index contributed by atoms with van der Waals surface area (Å²) in [6, 6.07) is 30.6. The summed E-state index contributed by atoms with van der Waals surface area (Å²) in [5, 5.41) is 11.0. The average molecular weight is 388 g/mol. The highest BCUT2D eigenvalue weighted by Crippen LogP contribution is 2.21. The smallest absolute Gasteiger partial charge is 0.132 e. The Morgan fingerprint density at radius 3 is 1.59 bits per heavy atom. The Hall–Kier alpha value is -2.75. The zero-order chi connectivity index (χ0) is 20.5. The number of hydrogen-bond donors (Lipinski definition) is 1. The van der Waals surface area contributed by atoms with Crippen LogP contribution in [-0.4, -0.2) is 27.9 Å². The van der Waals surface area contributed by atoms with Crippen molar-refractivity contribution in [1.29, 1.82) is 0 Å². The molecular formula is C26H29NO2. The number of nitrogens with zero attached hydrogens (tertiary/aromatic N) is 1. The van der Waals surface area contributed by atoms with Crippen molar-refractivity contribution in [3.8, 4) is 0 Å². The number of Topliss-reactive ketones (excluding diaryl/α,β-unsaturated/α-hetero) is 1. The van der Waals surface area contributed by atoms with Gasteiger partial charge in [-0.25, -0.2) is 0 Å². The summed E-state index contributed by atoms with van der Waals surface area (Å²) in [4.78, 5) is 14.1. The second kappa shape index (κ2) is 10.7. The Morgan fingerprint density at radius 1 is 0.759 bits per heavy atom. The molecule has 0 unspecified atom stereocenters. The molecule has 3 heteroatoms. The molecule has 0 radical (unpaired) electrons. The number of rotatable bonds is 10. The maximum Gasteiger partial charge on any atom is 0.132 e. The van der Waals surface area contributed by atoms with Crippen LogP contribution in [0, 0.1) is 0 Å². The standard InChI is InChI=1S/C26H29NO2/c1-21(28)17-26(29)25(18-22-11-5-2-6-12-22)27(19-23-13-7-3-8-14-23)20-24-15-9-4-10-16-24/h2-16,25-26,29H,17-20H2,1H3/t25-,26+/m0/s1. The van der Waals surface area contributed by atoms with Crippen LogP contribution in [0.5, 0.6) is 0 Å². The summed E-state index contributed by atoms with van der Waals surface area (Å²) in [5.41, 5.74) is 3.54. The number of benzene rings is 3. The zero-order valence-corrected chi connectivity index (χ0v) is 16.9. The Morgan fingerprint density at radius 2 is 1.17 bits per heavy atom. The monoisotopic (exact) mass is 387 g/mol. The zero-order valence-electron chi connectivity index (χ0n) is 16.9. The minimum atomic E-state index is -0.722. The third-order valence-electron chi connectivity index (χ3n) is 5.15. The van der Waals surface area contributed by atoms with Crippen LogP contribution < -0.4 is 0 Å². The molecule has 0 aliphatic carbocycles. The topological polar surface area (TPSA) is 40.5 Å². The Kier molecular flexibility index (Phi) is 7.74. The summed E-state index contributed by atoms with van der Waals surface area (Å²) in [6.45, 7) is 2.96. The molecule has 3 rings (SSSR count). The van der Waals surface area contributed by atoms with Crippen LogP contribution in [0.1, 0.15) is 30.0 Å². The van der Waals surface area contributed by atoms with Gasteiger partial charge >= 0.3 is 0 Å². The summed E-state index contributed by atoms with van der Waals surface area (Å²) >= 11 is 0. The molecule has 0 heterocycles. The first-order valence-electron chi connectivity index (χ1n) is 10.1. The summed E-state index contributed by atoms with van der Waals surface area (Å²) in [7, 11) is 0. The van der Waals surface area contributed by atoms with Gasteiger partial charge in [-0.15, -0.1) is 0 Å². The fourth-order valence-electron chi connectivity index (χ4n) is 3.72. The Balaban J connectivity index is 1.91. The van der Waals surface area contributed by atoms with Gasteiger partial charge in [0.1, 0.15) is 5.78 Å². The second-order valence-corrected chi connectivity index (χ2v) is 7.61. The molecule has 0 amide bonds. The molecular weight excluding hydrogens is 358 g/mol. The van der Waals surface area contributed by atoms with Crippen LogP contribution in [0.25, 0.3) is 0 Å². The Labute approximate surface area is 173 Å². The molecule has 2 atom stereocenters. The van der Waals surface area contributed by atoms with E-state index in [0.717, 1.165) is 5.56 Å². The van der Waals surface area contributed by atoms with E-state index in [2.05, 4.69) is 41.3 Å². The fraction of sp³-hybridized carbons (Fsp3) is 0.269. The van der Waals surface area contributed by atoms with Crippen molar-refractivity contribution in [3.05, 3.63) is 108 Å². The van der Waals surface area contributed by atoms with Crippen LogP contribution in [0.4, 0.5) is 0 Å². The lowest BCUT2D eigenvalue weighted by Crippen LogP contribution is -2.45. The highest BCUT2D eigenvalue weighted by Gasteiger charge is 2.27. The molecule has 0 aliphatic heterocycles. The molecule has 0 aliphatic rings. The number of carbonyl (C=O) groups is 1. The van der Waals surface area contributed by atoms with Gasteiger partial charge in [0.25, 0.3) is 0 Å². The molecule has 0 saturated heterocycles. The lowest BCUT2D eigenvalue weighted by atomic mass is 9.95. The van der Waals surface area contributed by atoms with Gasteiger partial charge in [-0.2, -0.15) is 0 Å². The number of hydrogen-bond acceptors (Lipinski definition) is 3. The number of aliphatic hydroxyl groups excluding tert-OH is 1. The molecule has 150 valence electrons. The molecule has 0 fully saturated rings. The number of carbonyl (C=O) groups excluding carboxylic acids is 1. The summed E-state index contributed by atoms with van der Waals surface area (Å²) in [5.74, 6) is 0.00920. The number of ketones is 1. The first-order chi connectivity index (χ1) is 14.1. The van der Waals surface area contributed by atoms with Crippen molar-refractivity contribution in [2.45, 2.75) is 45.0 Å². The van der Waals surface area contributed by atoms with E-state index in [1.165, 1.54) is 11.1 Å². The maximum atomic E-state index is 11.8.